The highest BCUT2D eigenvalue weighted by atomic mass is 16.5. The zero-order valence-electron chi connectivity index (χ0n) is 18.2. The number of Topliss-reactive ketones (excluding diaryl/α,β-unsaturated/α-hetero) is 1. The molecule has 5 rings (SSSR count). The minimum Gasteiger partial charge on any atom is -0.507 e. The van der Waals surface area contributed by atoms with Crippen LogP contribution in [0.4, 0.5) is 5.69 Å². The Balaban J connectivity index is 1.63. The topological polar surface area (TPSA) is 92.9 Å². The van der Waals surface area contributed by atoms with Crippen LogP contribution in [0, 0.1) is 0 Å². The molecule has 0 aliphatic carbocycles. The lowest BCUT2D eigenvalue weighted by Crippen LogP contribution is -2.29. The van der Waals surface area contributed by atoms with Gasteiger partial charge in [0.1, 0.15) is 23.5 Å². The number of nitrogens with zero attached hydrogens (tertiary/aromatic N) is 2. The van der Waals surface area contributed by atoms with Gasteiger partial charge in [0.15, 0.2) is 0 Å². The number of benzene rings is 3. The molecule has 0 radical (unpaired) electrons. The quantitative estimate of drug-likeness (QED) is 0.261. The Bertz CT molecular complexity index is 1360. The zero-order valence-corrected chi connectivity index (χ0v) is 18.2. The van der Waals surface area contributed by atoms with Crippen LogP contribution in [-0.2, 0) is 9.59 Å². The van der Waals surface area contributed by atoms with E-state index < -0.39 is 17.7 Å². The summed E-state index contributed by atoms with van der Waals surface area (Å²) in [5.74, 6) is -1.08. The van der Waals surface area contributed by atoms with E-state index in [2.05, 4.69) is 5.16 Å². The van der Waals surface area contributed by atoms with Gasteiger partial charge in [-0.15, -0.1) is 0 Å². The van der Waals surface area contributed by atoms with E-state index in [0.29, 0.717) is 28.3 Å². The van der Waals surface area contributed by atoms with E-state index in [1.807, 2.05) is 30.3 Å². The molecule has 7 heteroatoms. The molecule has 1 aromatic heterocycles. The molecule has 1 atom stereocenters. The first kappa shape index (κ1) is 21.2. The largest absolute Gasteiger partial charge is 0.507 e. The summed E-state index contributed by atoms with van der Waals surface area (Å²) in [6.07, 6.45) is 1.48. The van der Waals surface area contributed by atoms with Crippen molar-refractivity contribution in [2.45, 2.75) is 6.04 Å². The summed E-state index contributed by atoms with van der Waals surface area (Å²) in [6.45, 7) is 0. The number of carbonyl (C=O) groups is 2. The number of ether oxygens (including phenoxy) is 1. The Morgan fingerprint density at radius 2 is 1.65 bits per heavy atom. The highest BCUT2D eigenvalue weighted by Crippen LogP contribution is 2.42. The highest BCUT2D eigenvalue weighted by molar-refractivity contribution is 6.51. The van der Waals surface area contributed by atoms with E-state index in [9.17, 15) is 14.7 Å². The van der Waals surface area contributed by atoms with Crippen molar-refractivity contribution in [2.24, 2.45) is 0 Å². The van der Waals surface area contributed by atoms with Crippen molar-refractivity contribution in [3.63, 3.8) is 0 Å². The molecule has 34 heavy (non-hydrogen) atoms. The second-order valence-corrected chi connectivity index (χ2v) is 7.74. The van der Waals surface area contributed by atoms with E-state index in [1.54, 1.807) is 61.7 Å². The maximum absolute atomic E-state index is 13.2. The molecule has 1 unspecified atom stereocenters. The van der Waals surface area contributed by atoms with Crippen LogP contribution in [0.1, 0.15) is 17.2 Å². The Kier molecular flexibility index (Phi) is 5.43. The fourth-order valence-corrected chi connectivity index (χ4v) is 4.11. The number of ketones is 1. The third-order valence-corrected chi connectivity index (χ3v) is 5.80. The minimum absolute atomic E-state index is 0.0296. The van der Waals surface area contributed by atoms with Gasteiger partial charge >= 0.3 is 0 Å². The second kappa shape index (κ2) is 8.71. The summed E-state index contributed by atoms with van der Waals surface area (Å²) >= 11 is 0. The van der Waals surface area contributed by atoms with Gasteiger partial charge in [-0.2, -0.15) is 0 Å². The van der Waals surface area contributed by atoms with Gasteiger partial charge < -0.3 is 14.4 Å². The van der Waals surface area contributed by atoms with Gasteiger partial charge in [0, 0.05) is 22.9 Å². The Morgan fingerprint density at radius 3 is 2.26 bits per heavy atom. The number of carbonyl (C=O) groups excluding carboxylic acids is 2. The van der Waals surface area contributed by atoms with Gasteiger partial charge in [0.25, 0.3) is 11.7 Å². The first-order valence-corrected chi connectivity index (χ1v) is 10.6. The van der Waals surface area contributed by atoms with Gasteiger partial charge in [-0.1, -0.05) is 47.6 Å². The normalized spacial score (nSPS) is 17.2. The van der Waals surface area contributed by atoms with Crippen molar-refractivity contribution in [3.8, 4) is 17.0 Å². The molecular formula is C27H20N2O5. The third kappa shape index (κ3) is 3.63. The molecule has 1 saturated heterocycles. The smallest absolute Gasteiger partial charge is 0.300 e. The third-order valence-electron chi connectivity index (χ3n) is 5.80. The average Bonchev–Trinajstić information content (AvgIpc) is 3.52. The number of methoxy groups -OCH3 is 1. The van der Waals surface area contributed by atoms with Crippen LogP contribution in [-0.4, -0.2) is 29.1 Å². The van der Waals surface area contributed by atoms with Crippen LogP contribution in [0.3, 0.4) is 0 Å². The lowest BCUT2D eigenvalue weighted by atomic mass is 9.95. The van der Waals surface area contributed by atoms with Gasteiger partial charge in [-0.3, -0.25) is 14.5 Å². The van der Waals surface area contributed by atoms with E-state index in [-0.39, 0.29) is 11.3 Å². The van der Waals surface area contributed by atoms with Crippen molar-refractivity contribution >= 4 is 23.1 Å². The van der Waals surface area contributed by atoms with Crippen molar-refractivity contribution < 1.29 is 24.0 Å². The molecule has 3 aromatic carbocycles. The Labute approximate surface area is 195 Å². The number of hydrogen-bond donors (Lipinski definition) is 1. The fourth-order valence-electron chi connectivity index (χ4n) is 4.11. The molecule has 0 bridgehead atoms. The lowest BCUT2D eigenvalue weighted by Gasteiger charge is -2.25. The van der Waals surface area contributed by atoms with E-state index in [1.165, 1.54) is 11.2 Å². The van der Waals surface area contributed by atoms with Crippen LogP contribution >= 0.6 is 0 Å². The number of amides is 1. The summed E-state index contributed by atoms with van der Waals surface area (Å²) in [5, 5.41) is 15.1. The van der Waals surface area contributed by atoms with Crippen molar-refractivity contribution in [1.29, 1.82) is 0 Å². The molecule has 1 aliphatic heterocycles. The Hall–Kier alpha value is -4.65. The molecule has 1 fully saturated rings. The van der Waals surface area contributed by atoms with Crippen LogP contribution < -0.4 is 9.64 Å². The van der Waals surface area contributed by atoms with Gasteiger partial charge in [-0.25, -0.2) is 0 Å². The molecule has 168 valence electrons. The van der Waals surface area contributed by atoms with Gasteiger partial charge in [0.05, 0.1) is 18.7 Å². The van der Waals surface area contributed by atoms with Crippen LogP contribution in [0.2, 0.25) is 0 Å². The molecule has 1 amide bonds. The first-order chi connectivity index (χ1) is 16.6. The zero-order chi connectivity index (χ0) is 23.7. The maximum Gasteiger partial charge on any atom is 0.300 e. The number of hydrogen-bond acceptors (Lipinski definition) is 6. The van der Waals surface area contributed by atoms with Crippen molar-refractivity contribution in [1.82, 2.24) is 5.16 Å². The maximum atomic E-state index is 13.2. The van der Waals surface area contributed by atoms with Crippen LogP contribution in [0.15, 0.2) is 101 Å². The highest BCUT2D eigenvalue weighted by Gasteiger charge is 2.46. The number of aliphatic hydroxyl groups excluding tert-OH is 1. The standard InChI is InChI=1S/C27H20N2O5/c1-33-21-13-9-19(10-14-21)25(30)23-24(18-5-3-2-4-6-18)29(27(32)26(23)31)20-11-7-17(8-12-20)22-15-16-34-28-22/h2-16,24,30H,1H3/b25-23-. The number of aliphatic hydroxyl groups is 1. The Morgan fingerprint density at radius 1 is 0.941 bits per heavy atom. The predicted molar refractivity (Wildman–Crippen MR) is 126 cm³/mol. The molecule has 0 saturated carbocycles. The fraction of sp³-hybridized carbons (Fsp3) is 0.0741. The average molecular weight is 452 g/mol. The monoisotopic (exact) mass is 452 g/mol. The molecule has 2 heterocycles. The first-order valence-electron chi connectivity index (χ1n) is 10.6. The summed E-state index contributed by atoms with van der Waals surface area (Å²) in [5.41, 5.74) is 3.15. The molecule has 1 N–H and O–H groups in total. The van der Waals surface area contributed by atoms with Crippen LogP contribution in [0.5, 0.6) is 5.75 Å². The van der Waals surface area contributed by atoms with E-state index >= 15 is 0 Å². The van der Waals surface area contributed by atoms with Gasteiger partial charge in [-0.05, 0) is 42.0 Å². The molecule has 1 aliphatic rings. The van der Waals surface area contributed by atoms with Crippen molar-refractivity contribution in [3.05, 3.63) is 108 Å². The van der Waals surface area contributed by atoms with E-state index in [4.69, 9.17) is 9.26 Å². The summed E-state index contributed by atoms with van der Waals surface area (Å²) in [7, 11) is 1.55. The number of anilines is 1. The summed E-state index contributed by atoms with van der Waals surface area (Å²) < 4.78 is 10.1. The lowest BCUT2D eigenvalue weighted by molar-refractivity contribution is -0.132. The summed E-state index contributed by atoms with van der Waals surface area (Å²) in [4.78, 5) is 27.9. The molecular weight excluding hydrogens is 432 g/mol. The molecule has 0 spiro atoms. The second-order valence-electron chi connectivity index (χ2n) is 7.74. The SMILES string of the molecule is COc1ccc(/C(O)=C2/C(=O)C(=O)N(c3ccc(-c4ccon4)cc3)C2c2ccccc2)cc1. The van der Waals surface area contributed by atoms with Crippen LogP contribution in [0.25, 0.3) is 17.0 Å². The summed E-state index contributed by atoms with van der Waals surface area (Å²) in [6, 6.07) is 23.9. The van der Waals surface area contributed by atoms with Gasteiger partial charge in [0.2, 0.25) is 0 Å². The van der Waals surface area contributed by atoms with E-state index in [0.717, 1.165) is 5.56 Å². The number of aromatic nitrogens is 1. The molecule has 7 nitrogen and oxygen atoms in total. The number of rotatable bonds is 5. The van der Waals surface area contributed by atoms with Crippen molar-refractivity contribution in [2.75, 3.05) is 12.0 Å². The predicted octanol–water partition coefficient (Wildman–Crippen LogP) is 4.98. The molecule has 4 aromatic rings. The minimum atomic E-state index is -0.791.